The Morgan fingerprint density at radius 1 is 1.19 bits per heavy atom. The highest BCUT2D eigenvalue weighted by Gasteiger charge is 1.99. The van der Waals surface area contributed by atoms with Gasteiger partial charge in [0.2, 0.25) is 0 Å². The number of nitrogens with one attached hydrogen (secondary N) is 1. The fourth-order valence-corrected chi connectivity index (χ4v) is 1.88. The number of nitrogens with zero attached hydrogens (tertiary/aromatic N) is 1. The Bertz CT molecular complexity index is 418. The highest BCUT2D eigenvalue weighted by Crippen LogP contribution is 2.11. The van der Waals surface area contributed by atoms with E-state index < -0.39 is 0 Å². The van der Waals surface area contributed by atoms with Gasteiger partial charge in [-0.2, -0.15) is 5.10 Å². The molecule has 0 aliphatic rings. The minimum Gasteiger partial charge on any atom is -0.282 e. The van der Waals surface area contributed by atoms with Crippen LogP contribution in [0.4, 0.5) is 0 Å². The van der Waals surface area contributed by atoms with Gasteiger partial charge in [0.25, 0.3) is 0 Å². The molecule has 0 saturated heterocycles. The molecule has 0 unspecified atom stereocenters. The molecule has 16 heavy (non-hydrogen) atoms. The number of hydrogen-bond acceptors (Lipinski definition) is 1. The van der Waals surface area contributed by atoms with Crippen LogP contribution in [0, 0.1) is 0 Å². The van der Waals surface area contributed by atoms with Crippen molar-refractivity contribution in [3.05, 3.63) is 53.3 Å². The average molecular weight is 214 g/mol. The molecule has 0 bridgehead atoms. The lowest BCUT2D eigenvalue weighted by Gasteiger charge is -2.03. The minimum atomic E-state index is 0.944. The van der Waals surface area contributed by atoms with Crippen molar-refractivity contribution in [1.29, 1.82) is 0 Å². The van der Waals surface area contributed by atoms with Crippen LogP contribution in [0.1, 0.15) is 36.6 Å². The van der Waals surface area contributed by atoms with Crippen LogP contribution in [-0.2, 0) is 12.8 Å². The molecule has 1 N–H and O–H groups in total. The lowest BCUT2D eigenvalue weighted by Crippen LogP contribution is -1.91. The highest BCUT2D eigenvalue weighted by molar-refractivity contribution is 5.26. The maximum atomic E-state index is 3.97. The molecule has 0 aliphatic carbocycles. The Morgan fingerprint density at radius 3 is 2.81 bits per heavy atom. The molecule has 2 rings (SSSR count). The molecule has 0 amide bonds. The smallest absolute Gasteiger partial charge is 0.0490 e. The number of aromatic amines is 1. The number of aryl methyl sites for hydroxylation is 1. The zero-order valence-corrected chi connectivity index (χ0v) is 9.74. The van der Waals surface area contributed by atoms with Gasteiger partial charge in [-0.1, -0.05) is 37.6 Å². The van der Waals surface area contributed by atoms with Crippen molar-refractivity contribution in [3.63, 3.8) is 0 Å². The second-order valence-corrected chi connectivity index (χ2v) is 4.18. The van der Waals surface area contributed by atoms with E-state index in [-0.39, 0.29) is 0 Å². The first-order chi connectivity index (χ1) is 7.88. The van der Waals surface area contributed by atoms with E-state index >= 15 is 0 Å². The molecule has 2 heteroatoms. The summed E-state index contributed by atoms with van der Waals surface area (Å²) in [6.07, 6.45) is 6.46. The lowest BCUT2D eigenvalue weighted by atomic mass is 10.0. The van der Waals surface area contributed by atoms with Crippen LogP contribution >= 0.6 is 0 Å². The molecule has 1 aromatic carbocycles. The van der Waals surface area contributed by atoms with Gasteiger partial charge in [-0.25, -0.2) is 0 Å². The molecule has 0 radical (unpaired) electrons. The number of hydrogen-bond donors (Lipinski definition) is 1. The summed E-state index contributed by atoms with van der Waals surface area (Å²) in [5.74, 6) is 0. The topological polar surface area (TPSA) is 28.7 Å². The Hall–Kier alpha value is -1.57. The molecule has 1 aromatic heterocycles. The number of aromatic nitrogens is 2. The summed E-state index contributed by atoms with van der Waals surface area (Å²) >= 11 is 0. The van der Waals surface area contributed by atoms with Gasteiger partial charge in [0.05, 0.1) is 0 Å². The quantitative estimate of drug-likeness (QED) is 0.812. The number of unbranched alkanes of at least 4 members (excludes halogenated alkanes) is 1. The molecule has 0 aliphatic heterocycles. The van der Waals surface area contributed by atoms with E-state index in [1.165, 1.54) is 36.1 Å². The summed E-state index contributed by atoms with van der Waals surface area (Å²) in [6.45, 7) is 2.23. The first-order valence-corrected chi connectivity index (χ1v) is 5.94. The van der Waals surface area contributed by atoms with Crippen LogP contribution in [0.5, 0.6) is 0 Å². The van der Waals surface area contributed by atoms with Gasteiger partial charge in [0.1, 0.15) is 0 Å². The molecule has 2 nitrogen and oxygen atoms in total. The molecule has 84 valence electrons. The maximum absolute atomic E-state index is 3.97. The van der Waals surface area contributed by atoms with Crippen molar-refractivity contribution in [3.8, 4) is 0 Å². The van der Waals surface area contributed by atoms with Crippen LogP contribution < -0.4 is 0 Å². The van der Waals surface area contributed by atoms with Crippen molar-refractivity contribution < 1.29 is 0 Å². The molecule has 0 spiro atoms. The maximum Gasteiger partial charge on any atom is 0.0490 e. The van der Waals surface area contributed by atoms with E-state index in [9.17, 15) is 0 Å². The van der Waals surface area contributed by atoms with Crippen molar-refractivity contribution >= 4 is 0 Å². The summed E-state index contributed by atoms with van der Waals surface area (Å²) in [4.78, 5) is 0. The van der Waals surface area contributed by atoms with Crippen molar-refractivity contribution in [2.75, 3.05) is 0 Å². The van der Waals surface area contributed by atoms with Crippen LogP contribution in [0.3, 0.4) is 0 Å². The molecule has 0 fully saturated rings. The highest BCUT2D eigenvalue weighted by atomic mass is 15.1. The Kier molecular flexibility index (Phi) is 3.76. The van der Waals surface area contributed by atoms with Gasteiger partial charge in [0, 0.05) is 18.3 Å². The molecule has 0 saturated carbocycles. The van der Waals surface area contributed by atoms with E-state index in [4.69, 9.17) is 0 Å². The summed E-state index contributed by atoms with van der Waals surface area (Å²) < 4.78 is 0. The molecule has 0 atom stereocenters. The van der Waals surface area contributed by atoms with Crippen LogP contribution in [0.2, 0.25) is 0 Å². The summed E-state index contributed by atoms with van der Waals surface area (Å²) in [6, 6.07) is 10.9. The minimum absolute atomic E-state index is 0.944. The third-order valence-electron chi connectivity index (χ3n) is 2.76. The van der Waals surface area contributed by atoms with Gasteiger partial charge < -0.3 is 0 Å². The van der Waals surface area contributed by atoms with Gasteiger partial charge in [-0.05, 0) is 30.0 Å². The zero-order chi connectivity index (χ0) is 11.2. The average Bonchev–Trinajstić information content (AvgIpc) is 2.80. The fourth-order valence-electron chi connectivity index (χ4n) is 1.88. The molecular weight excluding hydrogens is 196 g/mol. The Morgan fingerprint density at radius 2 is 2.06 bits per heavy atom. The zero-order valence-electron chi connectivity index (χ0n) is 9.74. The van der Waals surface area contributed by atoms with E-state index in [2.05, 4.69) is 41.4 Å². The monoisotopic (exact) mass is 214 g/mol. The summed E-state index contributed by atoms with van der Waals surface area (Å²) in [5, 5.41) is 6.96. The first kappa shape index (κ1) is 10.9. The number of rotatable bonds is 5. The third-order valence-corrected chi connectivity index (χ3v) is 2.76. The predicted octanol–water partition coefficient (Wildman–Crippen LogP) is 3.34. The van der Waals surface area contributed by atoms with Crippen molar-refractivity contribution in [2.45, 2.75) is 32.6 Å². The first-order valence-electron chi connectivity index (χ1n) is 5.94. The van der Waals surface area contributed by atoms with Crippen LogP contribution in [-0.4, -0.2) is 10.2 Å². The summed E-state index contributed by atoms with van der Waals surface area (Å²) in [5.41, 5.74) is 3.98. The van der Waals surface area contributed by atoms with Gasteiger partial charge in [-0.3, -0.25) is 5.10 Å². The third kappa shape index (κ3) is 2.96. The van der Waals surface area contributed by atoms with E-state index in [0.717, 1.165) is 6.42 Å². The number of benzene rings is 1. The van der Waals surface area contributed by atoms with E-state index in [0.29, 0.717) is 0 Å². The fraction of sp³-hybridized carbons (Fsp3) is 0.357. The Balaban J connectivity index is 2.04. The SMILES string of the molecule is CCCCc1cccc(Cc2ccn[nH]2)c1. The Labute approximate surface area is 96.7 Å². The van der Waals surface area contributed by atoms with E-state index in [1.54, 1.807) is 6.20 Å². The van der Waals surface area contributed by atoms with Gasteiger partial charge in [-0.15, -0.1) is 0 Å². The number of H-pyrrole nitrogens is 1. The van der Waals surface area contributed by atoms with Crippen molar-refractivity contribution in [1.82, 2.24) is 10.2 Å². The van der Waals surface area contributed by atoms with Crippen molar-refractivity contribution in [2.24, 2.45) is 0 Å². The normalized spacial score (nSPS) is 10.6. The largest absolute Gasteiger partial charge is 0.282 e. The summed E-state index contributed by atoms with van der Waals surface area (Å²) in [7, 11) is 0. The van der Waals surface area contributed by atoms with Gasteiger partial charge >= 0.3 is 0 Å². The standard InChI is InChI=1S/C14H18N2/c1-2-3-5-12-6-4-7-13(10-12)11-14-8-9-15-16-14/h4,6-10H,2-3,5,11H2,1H3,(H,15,16). The molecular formula is C14H18N2. The predicted molar refractivity (Wildman–Crippen MR) is 66.4 cm³/mol. The van der Waals surface area contributed by atoms with E-state index in [1.807, 2.05) is 6.07 Å². The molecule has 2 aromatic rings. The second kappa shape index (κ2) is 5.50. The lowest BCUT2D eigenvalue weighted by molar-refractivity contribution is 0.794. The second-order valence-electron chi connectivity index (χ2n) is 4.18. The van der Waals surface area contributed by atoms with Gasteiger partial charge in [0.15, 0.2) is 0 Å². The molecule has 1 heterocycles. The van der Waals surface area contributed by atoms with Crippen LogP contribution in [0.25, 0.3) is 0 Å². The van der Waals surface area contributed by atoms with Crippen LogP contribution in [0.15, 0.2) is 36.5 Å².